The van der Waals surface area contributed by atoms with Crippen molar-refractivity contribution in [3.8, 4) is 0 Å². The molecule has 0 unspecified atom stereocenters. The van der Waals surface area contributed by atoms with Crippen LogP contribution in [0.25, 0.3) is 0 Å². The molecule has 8 N–H and O–H groups in total. The Bertz CT molecular complexity index is 288. The molecule has 0 aromatic rings. The fraction of sp³-hybridized carbons (Fsp3) is 0. The van der Waals surface area contributed by atoms with Crippen LogP contribution in [0.1, 0.15) is 0 Å². The highest BCUT2D eigenvalue weighted by Gasteiger charge is 2.18. The van der Waals surface area contributed by atoms with E-state index < -0.39 is 24.1 Å². The summed E-state index contributed by atoms with van der Waals surface area (Å²) in [4.78, 5) is 30.9. The van der Waals surface area contributed by atoms with E-state index >= 15 is 0 Å². The molecule has 78 valence electrons. The lowest BCUT2D eigenvalue weighted by Gasteiger charge is -2.18. The molecule has 0 aliphatic carbocycles. The normalized spacial score (nSPS) is 8.57. The molecule has 0 saturated heterocycles. The summed E-state index contributed by atoms with van der Waals surface area (Å²) in [5.41, 5.74) is 11.0. The van der Waals surface area contributed by atoms with Gasteiger partial charge in [-0.3, -0.25) is 10.7 Å². The number of hydrogen-bond acceptors (Lipinski definition) is 4. The van der Waals surface area contributed by atoms with Gasteiger partial charge < -0.3 is 16.6 Å². The third-order valence-electron chi connectivity index (χ3n) is 0.891. The van der Waals surface area contributed by atoms with Crippen LogP contribution in [0.2, 0.25) is 0 Å². The topological polar surface area (TPSA) is 175 Å². The predicted molar refractivity (Wildman–Crippen MR) is 43.0 cm³/mol. The molecule has 5 amide bonds. The second-order valence-electron chi connectivity index (χ2n) is 1.93. The van der Waals surface area contributed by atoms with E-state index in [0.29, 0.717) is 0 Å². The van der Waals surface area contributed by atoms with Crippen LogP contribution in [0.5, 0.6) is 0 Å². The summed E-state index contributed by atoms with van der Waals surface area (Å²) in [5, 5.41) is 16.8. The van der Waals surface area contributed by atoms with Crippen molar-refractivity contribution >= 4 is 24.1 Å². The number of primary amides is 2. The standard InChI is InChI=1S/C4H8N6O4/c5-1(8-4(13)14)10(3(7)12)9-2(6)11/h(H2,5,8)(H2,7,12)(H,13,14)(H3,6,9,11). The maximum atomic E-state index is 10.6. The van der Waals surface area contributed by atoms with Gasteiger partial charge in [0, 0.05) is 0 Å². The number of guanidine groups is 1. The Balaban J connectivity index is 4.49. The van der Waals surface area contributed by atoms with Gasteiger partial charge in [0.15, 0.2) is 0 Å². The number of amides is 5. The van der Waals surface area contributed by atoms with Crippen LogP contribution in [0.4, 0.5) is 14.4 Å². The van der Waals surface area contributed by atoms with Crippen molar-refractivity contribution in [3.05, 3.63) is 0 Å². The molecule has 0 aliphatic rings. The number of nitrogens with two attached hydrogens (primary N) is 2. The van der Waals surface area contributed by atoms with Gasteiger partial charge in [0.1, 0.15) is 0 Å². The summed E-state index contributed by atoms with van der Waals surface area (Å²) in [6, 6.07) is -2.43. The van der Waals surface area contributed by atoms with Gasteiger partial charge in [-0.05, 0) is 0 Å². The van der Waals surface area contributed by atoms with Crippen LogP contribution in [0.3, 0.4) is 0 Å². The van der Waals surface area contributed by atoms with Gasteiger partial charge in [0.05, 0.1) is 0 Å². The first-order valence-electron chi connectivity index (χ1n) is 3.08. The molecule has 0 aliphatic heterocycles. The zero-order valence-electron chi connectivity index (χ0n) is 6.77. The maximum Gasteiger partial charge on any atom is 0.411 e. The Kier molecular flexibility index (Phi) is 3.68. The number of nitrogens with zero attached hydrogens (tertiary/aromatic N) is 1. The molecule has 0 radical (unpaired) electrons. The molecule has 0 aromatic heterocycles. The summed E-state index contributed by atoms with van der Waals surface area (Å²) < 4.78 is 0. The summed E-state index contributed by atoms with van der Waals surface area (Å²) in [6.07, 6.45) is -1.59. The molecule has 14 heavy (non-hydrogen) atoms. The molecule has 0 spiro atoms. The average molecular weight is 204 g/mol. The highest BCUT2D eigenvalue weighted by atomic mass is 16.4. The molecule has 0 bridgehead atoms. The quantitative estimate of drug-likeness (QED) is 0.154. The largest absolute Gasteiger partial charge is 0.465 e. The van der Waals surface area contributed by atoms with Gasteiger partial charge >= 0.3 is 18.2 Å². The lowest BCUT2D eigenvalue weighted by molar-refractivity contribution is 0.193. The van der Waals surface area contributed by atoms with E-state index in [4.69, 9.17) is 16.2 Å². The van der Waals surface area contributed by atoms with E-state index in [1.807, 2.05) is 0 Å². The van der Waals surface area contributed by atoms with Gasteiger partial charge in [0.25, 0.3) is 0 Å². The van der Waals surface area contributed by atoms with Gasteiger partial charge in [0.2, 0.25) is 5.96 Å². The van der Waals surface area contributed by atoms with Gasteiger partial charge in [-0.15, -0.1) is 0 Å². The van der Waals surface area contributed by atoms with Crippen LogP contribution in [-0.2, 0) is 0 Å². The van der Waals surface area contributed by atoms with Crippen LogP contribution in [0.15, 0.2) is 0 Å². The molecule has 0 aromatic carbocycles. The van der Waals surface area contributed by atoms with Gasteiger partial charge in [-0.25, -0.2) is 19.8 Å². The Morgan fingerprint density at radius 3 is 2.07 bits per heavy atom. The Morgan fingerprint density at radius 1 is 1.29 bits per heavy atom. The van der Waals surface area contributed by atoms with Crippen LogP contribution in [-0.4, -0.2) is 34.2 Å². The van der Waals surface area contributed by atoms with Crippen molar-refractivity contribution in [2.75, 3.05) is 0 Å². The van der Waals surface area contributed by atoms with Crippen LogP contribution >= 0.6 is 0 Å². The molecule has 0 atom stereocenters. The third-order valence-corrected chi connectivity index (χ3v) is 0.891. The number of rotatable bonds is 0. The van der Waals surface area contributed by atoms with Gasteiger partial charge in [-0.1, -0.05) is 0 Å². The highest BCUT2D eigenvalue weighted by Crippen LogP contribution is 1.82. The minimum Gasteiger partial charge on any atom is -0.465 e. The van der Waals surface area contributed by atoms with Crippen molar-refractivity contribution in [1.82, 2.24) is 15.8 Å². The van der Waals surface area contributed by atoms with Crippen molar-refractivity contribution in [2.24, 2.45) is 11.5 Å². The second kappa shape index (κ2) is 4.49. The molecule has 0 rings (SSSR count). The minimum atomic E-state index is -1.59. The number of carbonyl (C=O) groups is 3. The third kappa shape index (κ3) is 3.75. The highest BCUT2D eigenvalue weighted by molar-refractivity contribution is 6.01. The summed E-state index contributed by atoms with van der Waals surface area (Å²) in [7, 11) is 0. The fourth-order valence-electron chi connectivity index (χ4n) is 0.489. The van der Waals surface area contributed by atoms with Crippen molar-refractivity contribution in [3.63, 3.8) is 0 Å². The average Bonchev–Trinajstić information content (AvgIpc) is 1.97. The van der Waals surface area contributed by atoms with Crippen LogP contribution < -0.4 is 22.2 Å². The van der Waals surface area contributed by atoms with Crippen molar-refractivity contribution in [1.29, 1.82) is 5.41 Å². The number of carboxylic acid groups (broad SMARTS) is 1. The summed E-state index contributed by atoms with van der Waals surface area (Å²) in [6.45, 7) is 0. The zero-order valence-corrected chi connectivity index (χ0v) is 6.77. The second-order valence-corrected chi connectivity index (χ2v) is 1.93. The van der Waals surface area contributed by atoms with Crippen LogP contribution in [0, 0.1) is 5.41 Å². The first kappa shape index (κ1) is 11.5. The van der Waals surface area contributed by atoms with E-state index in [-0.39, 0.29) is 5.01 Å². The van der Waals surface area contributed by atoms with E-state index in [1.54, 1.807) is 5.43 Å². The summed E-state index contributed by atoms with van der Waals surface area (Å²) in [5.74, 6) is -0.941. The maximum absolute atomic E-state index is 10.6. The molecular weight excluding hydrogens is 196 g/mol. The number of urea groups is 2. The van der Waals surface area contributed by atoms with Crippen molar-refractivity contribution in [2.45, 2.75) is 0 Å². The number of nitrogens with one attached hydrogen (secondary N) is 3. The molecule has 10 nitrogen and oxygen atoms in total. The molecule has 0 heterocycles. The monoisotopic (exact) mass is 204 g/mol. The number of carbonyl (C=O) groups excluding carboxylic acids is 2. The molecular formula is C4H8N6O4. The summed E-state index contributed by atoms with van der Waals surface area (Å²) >= 11 is 0. The SMILES string of the molecule is N=C(NC(=O)O)N(NC(N)=O)C(N)=O. The lowest BCUT2D eigenvalue weighted by Crippen LogP contribution is -2.58. The molecule has 0 fully saturated rings. The first-order chi connectivity index (χ1) is 6.34. The van der Waals surface area contributed by atoms with E-state index in [9.17, 15) is 14.4 Å². The Labute approximate surface area is 77.3 Å². The van der Waals surface area contributed by atoms with E-state index in [2.05, 4.69) is 5.73 Å². The van der Waals surface area contributed by atoms with E-state index in [0.717, 1.165) is 0 Å². The first-order valence-corrected chi connectivity index (χ1v) is 3.08. The van der Waals surface area contributed by atoms with E-state index in [1.165, 1.54) is 5.32 Å². The minimum absolute atomic E-state index is 0.135. The Hall–Kier alpha value is -2.52. The number of hydrogen-bond donors (Lipinski definition) is 6. The lowest BCUT2D eigenvalue weighted by atomic mass is 10.8. The molecule has 0 saturated carbocycles. The smallest absolute Gasteiger partial charge is 0.411 e. The zero-order chi connectivity index (χ0) is 11.3. The molecule has 10 heteroatoms. The number of hydrazine groups is 1. The van der Waals surface area contributed by atoms with Crippen molar-refractivity contribution < 1.29 is 19.5 Å². The Morgan fingerprint density at radius 2 is 1.79 bits per heavy atom. The fourth-order valence-corrected chi connectivity index (χ4v) is 0.489. The predicted octanol–water partition coefficient (Wildman–Crippen LogP) is -1.85. The van der Waals surface area contributed by atoms with Gasteiger partial charge in [-0.2, -0.15) is 5.01 Å².